The Morgan fingerprint density at radius 2 is 1.81 bits per heavy atom. The van der Waals surface area contributed by atoms with Gasteiger partial charge in [-0.25, -0.2) is 8.78 Å². The molecule has 1 nitrogen and oxygen atoms in total. The van der Waals surface area contributed by atoms with Crippen LogP contribution in [0.4, 0.5) is 8.78 Å². The van der Waals surface area contributed by atoms with E-state index in [2.05, 4.69) is 15.9 Å². The minimum atomic E-state index is -0.641. The first kappa shape index (κ1) is 13.4. The third-order valence-electron chi connectivity index (χ3n) is 2.15. The van der Waals surface area contributed by atoms with Gasteiger partial charge < -0.3 is 4.74 Å². The highest BCUT2D eigenvalue weighted by Crippen LogP contribution is 2.24. The lowest BCUT2D eigenvalue weighted by atomic mass is 10.1. The lowest BCUT2D eigenvalue weighted by Crippen LogP contribution is -2.05. The lowest BCUT2D eigenvalue weighted by molar-refractivity contribution is 0.263. The minimum absolute atomic E-state index is 0.273. The molecule has 0 saturated heterocycles. The van der Waals surface area contributed by atoms with Crippen molar-refractivity contribution in [3.8, 4) is 5.75 Å². The fraction of sp³-hybridized carbons (Fsp3) is 0.500. The fourth-order valence-corrected chi connectivity index (χ4v) is 1.55. The van der Waals surface area contributed by atoms with Crippen molar-refractivity contribution in [2.75, 3.05) is 6.61 Å². The highest BCUT2D eigenvalue weighted by atomic mass is 79.9. The van der Waals surface area contributed by atoms with Crippen molar-refractivity contribution in [3.63, 3.8) is 0 Å². The number of rotatable bonds is 5. The number of ether oxygens (including phenoxy) is 1. The first-order chi connectivity index (χ1) is 7.54. The van der Waals surface area contributed by atoms with Gasteiger partial charge in [0.15, 0.2) is 17.4 Å². The van der Waals surface area contributed by atoms with E-state index in [1.165, 1.54) is 12.1 Å². The fourth-order valence-electron chi connectivity index (χ4n) is 1.22. The van der Waals surface area contributed by atoms with Crippen LogP contribution < -0.4 is 4.74 Å². The van der Waals surface area contributed by atoms with Gasteiger partial charge in [-0.05, 0) is 30.0 Å². The summed E-state index contributed by atoms with van der Waals surface area (Å²) >= 11 is 3.15. The third kappa shape index (κ3) is 3.74. The number of hydrogen-bond donors (Lipinski definition) is 0. The zero-order valence-electron chi connectivity index (χ0n) is 9.40. The molecule has 0 heterocycles. The molecule has 0 aliphatic carbocycles. The molecule has 1 rings (SSSR count). The Hall–Kier alpha value is -0.640. The summed E-state index contributed by atoms with van der Waals surface area (Å²) in [4.78, 5) is 0. The van der Waals surface area contributed by atoms with E-state index in [0.29, 0.717) is 23.4 Å². The zero-order valence-corrected chi connectivity index (χ0v) is 11.0. The minimum Gasteiger partial charge on any atom is -0.488 e. The zero-order chi connectivity index (χ0) is 12.1. The average Bonchev–Trinajstić information content (AvgIpc) is 2.21. The van der Waals surface area contributed by atoms with Crippen LogP contribution in [0.15, 0.2) is 12.1 Å². The third-order valence-corrected chi connectivity index (χ3v) is 2.80. The Labute approximate surface area is 103 Å². The Kier molecular flexibility index (Phi) is 5.19. The van der Waals surface area contributed by atoms with Crippen molar-refractivity contribution in [2.24, 2.45) is 5.92 Å². The van der Waals surface area contributed by atoms with Crippen molar-refractivity contribution in [1.29, 1.82) is 0 Å². The smallest absolute Gasteiger partial charge is 0.190 e. The summed E-state index contributed by atoms with van der Waals surface area (Å²) in [7, 11) is 0. The highest BCUT2D eigenvalue weighted by Gasteiger charge is 2.12. The van der Waals surface area contributed by atoms with Gasteiger partial charge in [0.2, 0.25) is 0 Å². The molecule has 0 atom stereocenters. The van der Waals surface area contributed by atoms with Crippen molar-refractivity contribution in [3.05, 3.63) is 29.3 Å². The maximum absolute atomic E-state index is 13.4. The summed E-state index contributed by atoms with van der Waals surface area (Å²) < 4.78 is 32.0. The van der Waals surface area contributed by atoms with Gasteiger partial charge in [-0.2, -0.15) is 0 Å². The van der Waals surface area contributed by atoms with E-state index < -0.39 is 11.6 Å². The maximum atomic E-state index is 13.4. The lowest BCUT2D eigenvalue weighted by Gasteiger charge is -2.10. The van der Waals surface area contributed by atoms with Gasteiger partial charge in [0.1, 0.15) is 0 Å². The quantitative estimate of drug-likeness (QED) is 0.736. The van der Waals surface area contributed by atoms with E-state index in [-0.39, 0.29) is 5.75 Å². The second-order valence-corrected chi connectivity index (χ2v) is 4.61. The van der Waals surface area contributed by atoms with Crippen LogP contribution in [0.3, 0.4) is 0 Å². The molecule has 0 spiro atoms. The Morgan fingerprint density at radius 3 is 2.25 bits per heavy atom. The second kappa shape index (κ2) is 6.18. The van der Waals surface area contributed by atoms with Crippen LogP contribution in [0.1, 0.15) is 25.8 Å². The predicted octanol–water partition coefficient (Wildman–Crippen LogP) is 4.28. The molecule has 0 aliphatic rings. The van der Waals surface area contributed by atoms with Gasteiger partial charge >= 0.3 is 0 Å². The first-order valence-electron chi connectivity index (χ1n) is 5.21. The summed E-state index contributed by atoms with van der Waals surface area (Å²) in [6.45, 7) is 4.40. The van der Waals surface area contributed by atoms with E-state index in [4.69, 9.17) is 4.74 Å². The maximum Gasteiger partial charge on any atom is 0.190 e. The van der Waals surface area contributed by atoms with E-state index in [1.807, 2.05) is 13.8 Å². The molecular formula is C12H15BrF2O. The topological polar surface area (TPSA) is 9.23 Å². The number of halogens is 3. The second-order valence-electron chi connectivity index (χ2n) is 4.05. The standard InChI is InChI=1S/C12H15BrF2O/c1-8(2)3-4-16-12-10(14)5-9(7-13)6-11(12)15/h5-6,8H,3-4,7H2,1-2H3. The highest BCUT2D eigenvalue weighted by molar-refractivity contribution is 9.08. The summed E-state index contributed by atoms with van der Waals surface area (Å²) in [5.74, 6) is -1.10. The molecule has 0 radical (unpaired) electrons. The van der Waals surface area contributed by atoms with Gasteiger partial charge in [-0.1, -0.05) is 29.8 Å². The Morgan fingerprint density at radius 1 is 1.25 bits per heavy atom. The van der Waals surface area contributed by atoms with Gasteiger partial charge in [-0.15, -0.1) is 0 Å². The molecule has 0 fully saturated rings. The van der Waals surface area contributed by atoms with Crippen LogP contribution >= 0.6 is 15.9 Å². The molecule has 0 saturated carbocycles. The van der Waals surface area contributed by atoms with Crippen LogP contribution in [0, 0.1) is 17.6 Å². The SMILES string of the molecule is CC(C)CCOc1c(F)cc(CBr)cc1F. The van der Waals surface area contributed by atoms with Crippen LogP contribution in [0.25, 0.3) is 0 Å². The van der Waals surface area contributed by atoms with Gasteiger partial charge in [-0.3, -0.25) is 0 Å². The van der Waals surface area contributed by atoms with Crippen LogP contribution in [0.5, 0.6) is 5.75 Å². The summed E-state index contributed by atoms with van der Waals surface area (Å²) in [6.07, 6.45) is 0.777. The number of benzene rings is 1. The van der Waals surface area contributed by atoms with Gasteiger partial charge in [0.25, 0.3) is 0 Å². The largest absolute Gasteiger partial charge is 0.488 e. The Bertz CT molecular complexity index is 330. The van der Waals surface area contributed by atoms with Crippen molar-refractivity contribution in [2.45, 2.75) is 25.6 Å². The molecule has 4 heteroatoms. The molecule has 1 aromatic rings. The van der Waals surface area contributed by atoms with E-state index in [9.17, 15) is 8.78 Å². The molecule has 0 aromatic heterocycles. The molecular weight excluding hydrogens is 278 g/mol. The van der Waals surface area contributed by atoms with Gasteiger partial charge in [0.05, 0.1) is 6.61 Å². The van der Waals surface area contributed by atoms with E-state index >= 15 is 0 Å². The van der Waals surface area contributed by atoms with Crippen LogP contribution in [0.2, 0.25) is 0 Å². The number of alkyl halides is 1. The van der Waals surface area contributed by atoms with Crippen molar-refractivity contribution in [1.82, 2.24) is 0 Å². The molecule has 16 heavy (non-hydrogen) atoms. The van der Waals surface area contributed by atoms with E-state index in [0.717, 1.165) is 6.42 Å². The van der Waals surface area contributed by atoms with Crippen LogP contribution in [-0.4, -0.2) is 6.61 Å². The molecule has 0 unspecified atom stereocenters. The van der Waals surface area contributed by atoms with E-state index in [1.54, 1.807) is 0 Å². The summed E-state index contributed by atoms with van der Waals surface area (Å²) in [6, 6.07) is 2.56. The van der Waals surface area contributed by atoms with Crippen LogP contribution in [-0.2, 0) is 5.33 Å². The Balaban J connectivity index is 2.72. The molecule has 90 valence electrons. The predicted molar refractivity (Wildman–Crippen MR) is 63.9 cm³/mol. The van der Waals surface area contributed by atoms with Gasteiger partial charge in [0, 0.05) is 5.33 Å². The van der Waals surface area contributed by atoms with Crippen molar-refractivity contribution < 1.29 is 13.5 Å². The summed E-state index contributed by atoms with van der Waals surface area (Å²) in [5, 5.41) is 0.424. The summed E-state index contributed by atoms with van der Waals surface area (Å²) in [5.41, 5.74) is 0.561. The van der Waals surface area contributed by atoms with Crippen molar-refractivity contribution >= 4 is 15.9 Å². The monoisotopic (exact) mass is 292 g/mol. The molecule has 1 aromatic carbocycles. The molecule has 0 bridgehead atoms. The normalized spacial score (nSPS) is 10.9. The average molecular weight is 293 g/mol. The molecule has 0 amide bonds. The molecule has 0 N–H and O–H groups in total. The molecule has 0 aliphatic heterocycles. The number of hydrogen-bond acceptors (Lipinski definition) is 1. The first-order valence-corrected chi connectivity index (χ1v) is 6.33.